The zero-order valence-electron chi connectivity index (χ0n) is 19.9. The van der Waals surface area contributed by atoms with Gasteiger partial charge < -0.3 is 14.5 Å². The van der Waals surface area contributed by atoms with Gasteiger partial charge in [0.15, 0.2) is 0 Å². The van der Waals surface area contributed by atoms with E-state index in [1.807, 2.05) is 29.7 Å². The molecule has 1 saturated heterocycles. The van der Waals surface area contributed by atoms with Crippen molar-refractivity contribution in [3.63, 3.8) is 0 Å². The first-order valence-electron chi connectivity index (χ1n) is 11.4. The number of nitrogens with zero attached hydrogens (tertiary/aromatic N) is 4. The number of likely N-dealkylation sites (N-methyl/N-ethyl adjacent to an activating group) is 1. The Morgan fingerprint density at radius 2 is 1.83 bits per heavy atom. The van der Waals surface area contributed by atoms with E-state index in [-0.39, 0.29) is 9.92 Å². The third-order valence-corrected chi connectivity index (χ3v) is 8.32. The molecule has 4 rings (SSSR count). The minimum absolute atomic E-state index is 0.0403. The van der Waals surface area contributed by atoms with E-state index in [2.05, 4.69) is 32.6 Å². The lowest BCUT2D eigenvalue weighted by Crippen LogP contribution is -2.44. The molecular formula is C24H29Cl2N5O3S. The second kappa shape index (κ2) is 10.8. The highest BCUT2D eigenvalue weighted by molar-refractivity contribution is 7.89. The van der Waals surface area contributed by atoms with Gasteiger partial charge >= 0.3 is 6.01 Å². The second-order valence-corrected chi connectivity index (χ2v) is 11.0. The van der Waals surface area contributed by atoms with Gasteiger partial charge in [-0.2, -0.15) is 0 Å². The fraction of sp³-hybridized carbons (Fsp3) is 0.375. The van der Waals surface area contributed by atoms with Crippen LogP contribution in [0.2, 0.25) is 10.0 Å². The third-order valence-electron chi connectivity index (χ3n) is 6.04. The largest absolute Gasteiger partial charge is 0.425 e. The van der Waals surface area contributed by atoms with Crippen molar-refractivity contribution in [1.29, 1.82) is 0 Å². The molecule has 1 aliphatic heterocycles. The van der Waals surface area contributed by atoms with E-state index in [9.17, 15) is 8.42 Å². The van der Waals surface area contributed by atoms with Crippen LogP contribution >= 0.6 is 23.2 Å². The van der Waals surface area contributed by atoms with Crippen molar-refractivity contribution in [3.8, 4) is 11.8 Å². The molecule has 0 amide bonds. The van der Waals surface area contributed by atoms with E-state index < -0.39 is 16.1 Å². The number of sulfonamides is 1. The number of rotatable bonds is 8. The Bertz CT molecular complexity index is 1290. The molecule has 0 aliphatic carbocycles. The first-order chi connectivity index (χ1) is 16.7. The fourth-order valence-electron chi connectivity index (χ4n) is 4.03. The van der Waals surface area contributed by atoms with Crippen molar-refractivity contribution in [2.75, 3.05) is 38.1 Å². The standard InChI is InChI=1S/C24H29Cl2N5O3S/c1-4-31-23(17(2)28-35(32,33)20-8-9-21(25)22(26)15-20)16-27-24(31)34-19-7-5-6-18(14-19)30-12-10-29(3)11-13-30/h5-9,14-17,28H,4,10-13H2,1-3H3. The van der Waals surface area contributed by atoms with E-state index in [4.69, 9.17) is 27.9 Å². The van der Waals surface area contributed by atoms with E-state index in [1.165, 1.54) is 18.2 Å². The van der Waals surface area contributed by atoms with Gasteiger partial charge in [-0.15, -0.1) is 0 Å². The molecule has 0 bridgehead atoms. The van der Waals surface area contributed by atoms with Crippen LogP contribution in [0.4, 0.5) is 5.69 Å². The Hall–Kier alpha value is -2.30. The van der Waals surface area contributed by atoms with Crippen molar-refractivity contribution in [2.45, 2.75) is 31.3 Å². The number of hydrogen-bond acceptors (Lipinski definition) is 6. The fourth-order valence-corrected chi connectivity index (χ4v) is 5.64. The molecule has 8 nitrogen and oxygen atoms in total. The Labute approximate surface area is 216 Å². The second-order valence-electron chi connectivity index (χ2n) is 8.52. The molecule has 3 aromatic rings. The number of benzene rings is 2. The Morgan fingerprint density at radius 3 is 2.51 bits per heavy atom. The predicted molar refractivity (Wildman–Crippen MR) is 139 cm³/mol. The van der Waals surface area contributed by atoms with Crippen LogP contribution < -0.4 is 14.4 Å². The molecule has 35 heavy (non-hydrogen) atoms. The van der Waals surface area contributed by atoms with Gasteiger partial charge in [-0.3, -0.25) is 4.57 Å². The maximum Gasteiger partial charge on any atom is 0.302 e. The molecular weight excluding hydrogens is 509 g/mol. The molecule has 0 saturated carbocycles. The van der Waals surface area contributed by atoms with Crippen LogP contribution in [0.5, 0.6) is 11.8 Å². The van der Waals surface area contributed by atoms with Crippen LogP contribution in [-0.2, 0) is 16.6 Å². The first-order valence-corrected chi connectivity index (χ1v) is 13.7. The third kappa shape index (κ3) is 5.92. The van der Waals surface area contributed by atoms with Gasteiger partial charge in [0.05, 0.1) is 32.9 Å². The lowest BCUT2D eigenvalue weighted by atomic mass is 10.2. The van der Waals surface area contributed by atoms with Gasteiger partial charge in [-0.1, -0.05) is 29.3 Å². The van der Waals surface area contributed by atoms with Gasteiger partial charge in [-0.25, -0.2) is 18.1 Å². The highest BCUT2D eigenvalue weighted by atomic mass is 35.5. The zero-order valence-corrected chi connectivity index (χ0v) is 22.2. The normalized spacial score (nSPS) is 15.9. The maximum absolute atomic E-state index is 12.9. The number of hydrogen-bond donors (Lipinski definition) is 1. The number of imidazole rings is 1. The highest BCUT2D eigenvalue weighted by Crippen LogP contribution is 2.29. The summed E-state index contributed by atoms with van der Waals surface area (Å²) < 4.78 is 36.5. The van der Waals surface area contributed by atoms with E-state index >= 15 is 0 Å². The molecule has 0 spiro atoms. The minimum atomic E-state index is -3.83. The summed E-state index contributed by atoms with van der Waals surface area (Å²) in [5, 5.41) is 0.469. The molecule has 1 atom stereocenters. The van der Waals surface area contributed by atoms with Gasteiger partial charge in [0.25, 0.3) is 0 Å². The highest BCUT2D eigenvalue weighted by Gasteiger charge is 2.23. The average Bonchev–Trinajstić information content (AvgIpc) is 3.23. The number of anilines is 1. The van der Waals surface area contributed by atoms with E-state index in [0.29, 0.717) is 29.0 Å². The number of aromatic nitrogens is 2. The molecule has 188 valence electrons. The summed E-state index contributed by atoms with van der Waals surface area (Å²) in [5.41, 5.74) is 1.79. The van der Waals surface area contributed by atoms with Crippen LogP contribution in [0.25, 0.3) is 0 Å². The number of halogens is 2. The van der Waals surface area contributed by atoms with Crippen molar-refractivity contribution in [3.05, 3.63) is 64.4 Å². The summed E-state index contributed by atoms with van der Waals surface area (Å²) in [4.78, 5) is 9.12. The smallest absolute Gasteiger partial charge is 0.302 e. The van der Waals surface area contributed by atoms with Crippen LogP contribution in [0.15, 0.2) is 53.6 Å². The van der Waals surface area contributed by atoms with Gasteiger partial charge in [0.2, 0.25) is 10.0 Å². The van der Waals surface area contributed by atoms with E-state index in [1.54, 1.807) is 13.1 Å². The summed E-state index contributed by atoms with van der Waals surface area (Å²) in [6, 6.07) is 12.0. The summed E-state index contributed by atoms with van der Waals surface area (Å²) in [6.45, 7) is 8.24. The first kappa shape index (κ1) is 25.8. The molecule has 2 heterocycles. The summed E-state index contributed by atoms with van der Waals surface area (Å²) in [6.07, 6.45) is 1.63. The minimum Gasteiger partial charge on any atom is -0.425 e. The van der Waals surface area contributed by atoms with Crippen LogP contribution in [0, 0.1) is 0 Å². The van der Waals surface area contributed by atoms with Crippen molar-refractivity contribution in [2.24, 2.45) is 0 Å². The van der Waals surface area contributed by atoms with Crippen molar-refractivity contribution in [1.82, 2.24) is 19.2 Å². The van der Waals surface area contributed by atoms with Crippen molar-refractivity contribution >= 4 is 38.9 Å². The molecule has 11 heteroatoms. The number of piperazine rings is 1. The SMILES string of the molecule is CCn1c(C(C)NS(=O)(=O)c2ccc(Cl)c(Cl)c2)cnc1Oc1cccc(N2CCN(C)CC2)c1. The predicted octanol–water partition coefficient (Wildman–Crippen LogP) is 4.79. The Morgan fingerprint density at radius 1 is 1.09 bits per heavy atom. The summed E-state index contributed by atoms with van der Waals surface area (Å²) in [5.74, 6) is 0.678. The summed E-state index contributed by atoms with van der Waals surface area (Å²) in [7, 11) is -1.70. The number of nitrogens with one attached hydrogen (secondary N) is 1. The number of ether oxygens (including phenoxy) is 1. The lowest BCUT2D eigenvalue weighted by Gasteiger charge is -2.34. The molecule has 1 aliphatic rings. The van der Waals surface area contributed by atoms with Gasteiger partial charge in [0, 0.05) is 44.5 Å². The Balaban J connectivity index is 1.51. The zero-order chi connectivity index (χ0) is 25.2. The van der Waals surface area contributed by atoms with Gasteiger partial charge in [0.1, 0.15) is 5.75 Å². The topological polar surface area (TPSA) is 79.7 Å². The van der Waals surface area contributed by atoms with Crippen molar-refractivity contribution < 1.29 is 13.2 Å². The molecule has 1 N–H and O–H groups in total. The van der Waals surface area contributed by atoms with Crippen LogP contribution in [0.3, 0.4) is 0 Å². The van der Waals surface area contributed by atoms with Crippen LogP contribution in [-0.4, -0.2) is 56.1 Å². The summed E-state index contributed by atoms with van der Waals surface area (Å²) >= 11 is 11.9. The lowest BCUT2D eigenvalue weighted by molar-refractivity contribution is 0.312. The Kier molecular flexibility index (Phi) is 7.92. The maximum atomic E-state index is 12.9. The molecule has 1 unspecified atom stereocenters. The molecule has 1 aromatic heterocycles. The molecule has 1 fully saturated rings. The van der Waals surface area contributed by atoms with Gasteiger partial charge in [-0.05, 0) is 51.2 Å². The molecule has 0 radical (unpaired) electrons. The monoisotopic (exact) mass is 537 g/mol. The average molecular weight is 539 g/mol. The molecule has 2 aromatic carbocycles. The van der Waals surface area contributed by atoms with Crippen LogP contribution in [0.1, 0.15) is 25.6 Å². The van der Waals surface area contributed by atoms with E-state index in [0.717, 1.165) is 31.9 Å². The quantitative estimate of drug-likeness (QED) is 0.444.